The maximum absolute atomic E-state index is 12.5. The van der Waals surface area contributed by atoms with Crippen LogP contribution < -0.4 is 10.1 Å². The highest BCUT2D eigenvalue weighted by Crippen LogP contribution is 2.23. The number of amides is 1. The first-order valence-corrected chi connectivity index (χ1v) is 11.2. The second-order valence-electron chi connectivity index (χ2n) is 7.85. The molecule has 164 valence electrons. The van der Waals surface area contributed by atoms with Gasteiger partial charge in [-0.25, -0.2) is 4.98 Å². The third kappa shape index (κ3) is 5.38. The van der Waals surface area contributed by atoms with E-state index in [0.29, 0.717) is 18.2 Å². The van der Waals surface area contributed by atoms with Crippen molar-refractivity contribution in [2.75, 3.05) is 13.2 Å². The molecule has 6 nitrogen and oxygen atoms in total. The van der Waals surface area contributed by atoms with E-state index in [1.54, 1.807) is 0 Å². The number of aromatic nitrogens is 2. The number of hydrogen-bond acceptors (Lipinski definition) is 4. The fourth-order valence-corrected chi connectivity index (χ4v) is 4.03. The molecular formula is C24H28ClN3O3. The van der Waals surface area contributed by atoms with Crippen LogP contribution in [-0.2, 0) is 16.1 Å². The molecule has 7 heteroatoms. The highest BCUT2D eigenvalue weighted by molar-refractivity contribution is 6.30. The lowest BCUT2D eigenvalue weighted by Gasteiger charge is -2.18. The molecule has 1 saturated heterocycles. The van der Waals surface area contributed by atoms with Crippen molar-refractivity contribution in [1.29, 1.82) is 0 Å². The third-order valence-electron chi connectivity index (χ3n) is 5.51. The van der Waals surface area contributed by atoms with Crippen molar-refractivity contribution in [2.45, 2.75) is 51.3 Å². The number of hydrogen-bond donors (Lipinski definition) is 1. The largest absolute Gasteiger partial charge is 0.494 e. The summed E-state index contributed by atoms with van der Waals surface area (Å²) in [4.78, 5) is 17.3. The summed E-state index contributed by atoms with van der Waals surface area (Å²) in [6.45, 7) is 4.08. The zero-order valence-electron chi connectivity index (χ0n) is 17.7. The molecule has 3 aromatic rings. The molecule has 1 fully saturated rings. The molecule has 0 saturated carbocycles. The molecule has 0 radical (unpaired) electrons. The molecule has 2 heterocycles. The van der Waals surface area contributed by atoms with Crippen LogP contribution >= 0.6 is 11.6 Å². The molecule has 1 amide bonds. The Morgan fingerprint density at radius 1 is 1.26 bits per heavy atom. The van der Waals surface area contributed by atoms with Crippen LogP contribution in [0.25, 0.3) is 11.0 Å². The summed E-state index contributed by atoms with van der Waals surface area (Å²) in [6, 6.07) is 15.3. The second kappa shape index (κ2) is 10.2. The molecule has 0 aliphatic carbocycles. The van der Waals surface area contributed by atoms with Gasteiger partial charge in [-0.2, -0.15) is 0 Å². The monoisotopic (exact) mass is 441 g/mol. The van der Waals surface area contributed by atoms with Gasteiger partial charge in [0.15, 0.2) is 0 Å². The predicted octanol–water partition coefficient (Wildman–Crippen LogP) is 4.91. The average Bonchev–Trinajstić information content (AvgIpc) is 3.43. The van der Waals surface area contributed by atoms with Gasteiger partial charge in [0.2, 0.25) is 5.91 Å². The lowest BCUT2D eigenvalue weighted by atomic mass is 10.2. The minimum Gasteiger partial charge on any atom is -0.494 e. The van der Waals surface area contributed by atoms with Crippen molar-refractivity contribution >= 4 is 28.5 Å². The molecular weight excluding hydrogens is 414 g/mol. The van der Waals surface area contributed by atoms with E-state index in [2.05, 4.69) is 16.0 Å². The van der Waals surface area contributed by atoms with E-state index in [-0.39, 0.29) is 18.1 Å². The number of aryl methyl sites for hydroxylation is 1. The fourth-order valence-electron chi connectivity index (χ4n) is 3.91. The van der Waals surface area contributed by atoms with Crippen LogP contribution in [0.3, 0.4) is 0 Å². The molecule has 1 aliphatic heterocycles. The van der Waals surface area contributed by atoms with E-state index in [4.69, 9.17) is 26.1 Å². The number of nitrogens with zero attached hydrogens (tertiary/aromatic N) is 2. The third-order valence-corrected chi connectivity index (χ3v) is 5.76. The minimum atomic E-state index is -0.342. The number of halogens is 1. The van der Waals surface area contributed by atoms with Crippen LogP contribution in [0, 0.1) is 0 Å². The van der Waals surface area contributed by atoms with Crippen molar-refractivity contribution in [1.82, 2.24) is 14.9 Å². The highest BCUT2D eigenvalue weighted by atomic mass is 35.5. The summed E-state index contributed by atoms with van der Waals surface area (Å²) in [7, 11) is 0. The van der Waals surface area contributed by atoms with Crippen LogP contribution in [0.1, 0.15) is 44.5 Å². The zero-order valence-corrected chi connectivity index (χ0v) is 18.5. The van der Waals surface area contributed by atoms with Crippen molar-refractivity contribution < 1.29 is 14.3 Å². The number of carbonyl (C=O) groups excluding carboxylic acids is 1. The van der Waals surface area contributed by atoms with E-state index in [1.165, 1.54) is 0 Å². The van der Waals surface area contributed by atoms with Crippen molar-refractivity contribution in [2.24, 2.45) is 0 Å². The van der Waals surface area contributed by atoms with Crippen molar-refractivity contribution in [3.8, 4) is 5.75 Å². The maximum atomic E-state index is 12.5. The van der Waals surface area contributed by atoms with E-state index < -0.39 is 0 Å². The van der Waals surface area contributed by atoms with Gasteiger partial charge in [0.1, 0.15) is 17.7 Å². The van der Waals surface area contributed by atoms with E-state index in [0.717, 1.165) is 54.8 Å². The molecule has 0 bridgehead atoms. The summed E-state index contributed by atoms with van der Waals surface area (Å²) < 4.78 is 13.5. The van der Waals surface area contributed by atoms with Crippen LogP contribution in [-0.4, -0.2) is 34.8 Å². The Labute approximate surface area is 187 Å². The number of ether oxygens (including phenoxy) is 2. The Kier molecular flexibility index (Phi) is 7.10. The van der Waals surface area contributed by atoms with Gasteiger partial charge in [0, 0.05) is 18.2 Å². The van der Waals surface area contributed by atoms with Crippen molar-refractivity contribution in [3.63, 3.8) is 0 Å². The summed E-state index contributed by atoms with van der Waals surface area (Å²) in [6.07, 6.45) is 3.22. The van der Waals surface area contributed by atoms with Crippen LogP contribution in [0.4, 0.5) is 0 Å². The van der Waals surface area contributed by atoms with Crippen LogP contribution in [0.5, 0.6) is 5.75 Å². The van der Waals surface area contributed by atoms with Gasteiger partial charge in [0.05, 0.1) is 23.7 Å². The number of unbranched alkanes of at least 4 members (excludes halogenated alkanes) is 1. The zero-order chi connectivity index (χ0) is 21.6. The number of fused-ring (bicyclic) bond motifs is 1. The molecule has 2 aromatic carbocycles. The van der Waals surface area contributed by atoms with Gasteiger partial charge < -0.3 is 19.4 Å². The molecule has 0 spiro atoms. The maximum Gasteiger partial charge on any atom is 0.249 e. The number of nitrogens with one attached hydrogen (secondary N) is 1. The van der Waals surface area contributed by atoms with Crippen molar-refractivity contribution in [3.05, 3.63) is 59.4 Å². The van der Waals surface area contributed by atoms with Gasteiger partial charge in [0.25, 0.3) is 0 Å². The Morgan fingerprint density at radius 2 is 2.06 bits per heavy atom. The Morgan fingerprint density at radius 3 is 2.84 bits per heavy atom. The molecule has 2 atom stereocenters. The highest BCUT2D eigenvalue weighted by Gasteiger charge is 2.26. The molecule has 31 heavy (non-hydrogen) atoms. The quantitative estimate of drug-likeness (QED) is 0.479. The molecule has 1 aliphatic rings. The van der Waals surface area contributed by atoms with Crippen LogP contribution in [0.15, 0.2) is 48.5 Å². The molecule has 1 aromatic heterocycles. The smallest absolute Gasteiger partial charge is 0.249 e. The number of imidazole rings is 1. The summed E-state index contributed by atoms with van der Waals surface area (Å²) in [5.41, 5.74) is 2.02. The van der Waals surface area contributed by atoms with Gasteiger partial charge >= 0.3 is 0 Å². The summed E-state index contributed by atoms with van der Waals surface area (Å²) in [5, 5.41) is 3.79. The Hall–Kier alpha value is -2.57. The second-order valence-corrected chi connectivity index (χ2v) is 8.29. The van der Waals surface area contributed by atoms with E-state index >= 15 is 0 Å². The van der Waals surface area contributed by atoms with E-state index in [1.807, 2.05) is 49.4 Å². The lowest BCUT2D eigenvalue weighted by molar-refractivity contribution is -0.130. The van der Waals surface area contributed by atoms with E-state index in [9.17, 15) is 4.79 Å². The minimum absolute atomic E-state index is 0.0556. The molecule has 2 unspecified atom stereocenters. The normalized spacial score (nSPS) is 17.0. The molecule has 4 rings (SSSR count). The number of para-hydroxylation sites is 2. The van der Waals surface area contributed by atoms with Gasteiger partial charge in [-0.05, 0) is 69.0 Å². The van der Waals surface area contributed by atoms with Crippen LogP contribution in [0.2, 0.25) is 5.02 Å². The van der Waals surface area contributed by atoms with Gasteiger partial charge in [-0.1, -0.05) is 23.7 Å². The first-order chi connectivity index (χ1) is 15.1. The average molecular weight is 442 g/mol. The van der Waals surface area contributed by atoms with Gasteiger partial charge in [-0.3, -0.25) is 4.79 Å². The number of rotatable bonds is 9. The lowest BCUT2D eigenvalue weighted by Crippen LogP contribution is -2.36. The first-order valence-electron chi connectivity index (χ1n) is 10.9. The topological polar surface area (TPSA) is 65.4 Å². The Bertz CT molecular complexity index is 1010. The van der Waals surface area contributed by atoms with Gasteiger partial charge in [-0.15, -0.1) is 0 Å². The first kappa shape index (κ1) is 21.7. The standard InChI is InChI=1S/C24H28ClN3O3/c1-17(26-24(29)22-9-6-16-31-22)23-27-20-7-2-3-8-21(20)28(23)14-4-5-15-30-19-12-10-18(25)11-13-19/h2-3,7-8,10-13,17,22H,4-6,9,14-16H2,1H3,(H,26,29). The summed E-state index contributed by atoms with van der Waals surface area (Å²) in [5.74, 6) is 1.63. The summed E-state index contributed by atoms with van der Waals surface area (Å²) >= 11 is 5.91. The predicted molar refractivity (Wildman–Crippen MR) is 121 cm³/mol. The molecule has 1 N–H and O–H groups in total. The number of benzene rings is 2. The SMILES string of the molecule is CC(NC(=O)C1CCCO1)c1nc2ccccc2n1CCCCOc1ccc(Cl)cc1. The fraction of sp³-hybridized carbons (Fsp3) is 0.417. The Balaban J connectivity index is 1.38. The number of carbonyl (C=O) groups is 1.